The fourth-order valence-corrected chi connectivity index (χ4v) is 4.27. The summed E-state index contributed by atoms with van der Waals surface area (Å²) < 4.78 is 5.58. The summed E-state index contributed by atoms with van der Waals surface area (Å²) in [5.41, 5.74) is 2.39. The molecule has 2 amide bonds. The van der Waals surface area contributed by atoms with E-state index in [9.17, 15) is 9.59 Å². The van der Waals surface area contributed by atoms with E-state index in [1.165, 1.54) is 11.3 Å². The molecule has 30 heavy (non-hydrogen) atoms. The van der Waals surface area contributed by atoms with E-state index in [1.807, 2.05) is 52.3 Å². The van der Waals surface area contributed by atoms with Crippen molar-refractivity contribution in [2.75, 3.05) is 44.7 Å². The van der Waals surface area contributed by atoms with Crippen LogP contribution in [0, 0.1) is 5.92 Å². The minimum atomic E-state index is -0.0184. The van der Waals surface area contributed by atoms with Gasteiger partial charge in [0, 0.05) is 51.4 Å². The van der Waals surface area contributed by atoms with E-state index >= 15 is 0 Å². The van der Waals surface area contributed by atoms with Crippen molar-refractivity contribution < 1.29 is 14.3 Å². The maximum absolute atomic E-state index is 13.2. The number of ether oxygens (including phenoxy) is 1. The van der Waals surface area contributed by atoms with Crippen LogP contribution in [0.15, 0.2) is 54.6 Å². The number of piperidine rings is 1. The number of carbonyl (C=O) groups excluding carboxylic acids is 2. The average Bonchev–Trinajstić information content (AvgIpc) is 2.97. The molecule has 0 bridgehead atoms. The van der Waals surface area contributed by atoms with Crippen molar-refractivity contribution in [1.29, 1.82) is 0 Å². The smallest absolute Gasteiger partial charge is 0.260 e. The summed E-state index contributed by atoms with van der Waals surface area (Å²) in [6.07, 6.45) is 1.42. The first-order valence-corrected chi connectivity index (χ1v) is 10.7. The second-order valence-electron chi connectivity index (χ2n) is 8.07. The van der Waals surface area contributed by atoms with E-state index < -0.39 is 0 Å². The SMILES string of the molecule is CN1CCN(C(=O)C2CCN(C(=O)COc3ccccc3)CC2)Cc2ccccc21. The van der Waals surface area contributed by atoms with Gasteiger partial charge in [-0.2, -0.15) is 0 Å². The zero-order chi connectivity index (χ0) is 20.9. The molecule has 0 radical (unpaired) electrons. The summed E-state index contributed by atoms with van der Waals surface area (Å²) >= 11 is 0. The molecule has 0 N–H and O–H groups in total. The molecule has 0 atom stereocenters. The van der Waals surface area contributed by atoms with Crippen LogP contribution in [0.5, 0.6) is 5.75 Å². The fourth-order valence-electron chi connectivity index (χ4n) is 4.27. The van der Waals surface area contributed by atoms with E-state index in [1.54, 1.807) is 0 Å². The van der Waals surface area contributed by atoms with E-state index in [2.05, 4.69) is 24.1 Å². The van der Waals surface area contributed by atoms with Crippen molar-refractivity contribution in [2.24, 2.45) is 5.92 Å². The quantitative estimate of drug-likeness (QED) is 0.782. The highest BCUT2D eigenvalue weighted by molar-refractivity contribution is 5.81. The molecule has 0 aromatic heterocycles. The zero-order valence-corrected chi connectivity index (χ0v) is 17.5. The minimum absolute atomic E-state index is 0.0142. The van der Waals surface area contributed by atoms with Crippen LogP contribution in [-0.2, 0) is 16.1 Å². The summed E-state index contributed by atoms with van der Waals surface area (Å²) in [6, 6.07) is 17.7. The van der Waals surface area contributed by atoms with E-state index in [4.69, 9.17) is 4.74 Å². The number of hydrogen-bond donors (Lipinski definition) is 0. The number of benzene rings is 2. The van der Waals surface area contributed by atoms with Crippen molar-refractivity contribution >= 4 is 17.5 Å². The summed E-state index contributed by atoms with van der Waals surface area (Å²) in [7, 11) is 2.08. The van der Waals surface area contributed by atoms with Crippen molar-refractivity contribution in [3.63, 3.8) is 0 Å². The molecule has 2 aliphatic rings. The Morgan fingerprint density at radius 2 is 1.60 bits per heavy atom. The lowest BCUT2D eigenvalue weighted by Gasteiger charge is -2.34. The van der Waals surface area contributed by atoms with Crippen LogP contribution in [0.1, 0.15) is 18.4 Å². The third-order valence-corrected chi connectivity index (χ3v) is 6.08. The Bertz CT molecular complexity index is 878. The van der Waals surface area contributed by atoms with Crippen molar-refractivity contribution in [2.45, 2.75) is 19.4 Å². The van der Waals surface area contributed by atoms with Gasteiger partial charge in [0.15, 0.2) is 6.61 Å². The summed E-state index contributed by atoms with van der Waals surface area (Å²) in [4.78, 5) is 31.7. The summed E-state index contributed by atoms with van der Waals surface area (Å²) in [5.74, 6) is 0.879. The van der Waals surface area contributed by atoms with Crippen LogP contribution < -0.4 is 9.64 Å². The Morgan fingerprint density at radius 1 is 0.900 bits per heavy atom. The van der Waals surface area contributed by atoms with Gasteiger partial charge in [-0.25, -0.2) is 0 Å². The van der Waals surface area contributed by atoms with Gasteiger partial charge in [0.25, 0.3) is 5.91 Å². The van der Waals surface area contributed by atoms with Crippen LogP contribution in [0.25, 0.3) is 0 Å². The minimum Gasteiger partial charge on any atom is -0.484 e. The predicted molar refractivity (Wildman–Crippen MR) is 116 cm³/mol. The lowest BCUT2D eigenvalue weighted by molar-refractivity contribution is -0.141. The van der Waals surface area contributed by atoms with Gasteiger partial charge in [-0.1, -0.05) is 36.4 Å². The van der Waals surface area contributed by atoms with Crippen molar-refractivity contribution in [3.05, 3.63) is 60.2 Å². The molecular formula is C24H29N3O3. The maximum atomic E-state index is 13.2. The molecular weight excluding hydrogens is 378 g/mol. The van der Waals surface area contributed by atoms with Gasteiger partial charge < -0.3 is 19.4 Å². The molecule has 0 aliphatic carbocycles. The topological polar surface area (TPSA) is 53.1 Å². The highest BCUT2D eigenvalue weighted by Crippen LogP contribution is 2.26. The van der Waals surface area contributed by atoms with Gasteiger partial charge in [0.05, 0.1) is 0 Å². The van der Waals surface area contributed by atoms with Crippen molar-refractivity contribution in [3.8, 4) is 5.75 Å². The third kappa shape index (κ3) is 4.58. The molecule has 2 aromatic rings. The Hall–Kier alpha value is -3.02. The number of anilines is 1. The number of para-hydroxylation sites is 2. The van der Waals surface area contributed by atoms with Crippen molar-refractivity contribution in [1.82, 2.24) is 9.80 Å². The predicted octanol–water partition coefficient (Wildman–Crippen LogP) is 2.78. The second-order valence-corrected chi connectivity index (χ2v) is 8.07. The van der Waals surface area contributed by atoms with Gasteiger partial charge in [0.2, 0.25) is 5.91 Å². The van der Waals surface area contributed by atoms with Gasteiger partial charge in [-0.15, -0.1) is 0 Å². The number of likely N-dealkylation sites (N-methyl/N-ethyl adjacent to an activating group) is 1. The highest BCUT2D eigenvalue weighted by atomic mass is 16.5. The van der Waals surface area contributed by atoms with E-state index in [-0.39, 0.29) is 24.3 Å². The Morgan fingerprint density at radius 3 is 2.37 bits per heavy atom. The number of amides is 2. The first-order valence-electron chi connectivity index (χ1n) is 10.7. The molecule has 2 heterocycles. The number of rotatable bonds is 4. The molecule has 0 unspecified atom stereocenters. The Balaban J connectivity index is 1.29. The van der Waals surface area contributed by atoms with Gasteiger partial charge >= 0.3 is 0 Å². The molecule has 6 heteroatoms. The molecule has 158 valence electrons. The maximum Gasteiger partial charge on any atom is 0.260 e. The molecule has 1 saturated heterocycles. The number of hydrogen-bond acceptors (Lipinski definition) is 4. The van der Waals surface area contributed by atoms with Crippen LogP contribution >= 0.6 is 0 Å². The Labute approximate surface area is 178 Å². The standard InChI is InChI=1S/C24H29N3O3/c1-25-15-16-27(17-20-7-5-6-10-22(20)25)24(29)19-11-13-26(14-12-19)23(28)18-30-21-8-3-2-4-9-21/h2-10,19H,11-18H2,1H3. The molecule has 0 saturated carbocycles. The molecule has 1 fully saturated rings. The van der Waals surface area contributed by atoms with Crippen LogP contribution in [0.3, 0.4) is 0 Å². The number of fused-ring (bicyclic) bond motifs is 1. The molecule has 2 aromatic carbocycles. The van der Waals surface area contributed by atoms with Gasteiger partial charge in [-0.05, 0) is 36.6 Å². The van der Waals surface area contributed by atoms with Crippen LogP contribution in [0.4, 0.5) is 5.69 Å². The Kier molecular flexibility index (Phi) is 6.21. The number of likely N-dealkylation sites (tertiary alicyclic amines) is 1. The fraction of sp³-hybridized carbons (Fsp3) is 0.417. The monoisotopic (exact) mass is 407 g/mol. The normalized spacial score (nSPS) is 17.3. The second kappa shape index (κ2) is 9.20. The van der Waals surface area contributed by atoms with Crippen LogP contribution in [-0.4, -0.2) is 61.4 Å². The van der Waals surface area contributed by atoms with Gasteiger partial charge in [0.1, 0.15) is 5.75 Å². The average molecular weight is 408 g/mol. The van der Waals surface area contributed by atoms with E-state index in [0.29, 0.717) is 38.2 Å². The molecule has 2 aliphatic heterocycles. The summed E-state index contributed by atoms with van der Waals surface area (Å²) in [5, 5.41) is 0. The molecule has 4 rings (SSSR count). The van der Waals surface area contributed by atoms with Crippen LogP contribution in [0.2, 0.25) is 0 Å². The number of carbonyl (C=O) groups is 2. The first-order chi connectivity index (χ1) is 14.6. The lowest BCUT2D eigenvalue weighted by atomic mass is 9.95. The molecule has 6 nitrogen and oxygen atoms in total. The summed E-state index contributed by atoms with van der Waals surface area (Å²) in [6.45, 7) is 3.47. The largest absolute Gasteiger partial charge is 0.484 e. The number of nitrogens with zero attached hydrogens (tertiary/aromatic N) is 3. The first kappa shape index (κ1) is 20.3. The molecule has 0 spiro atoms. The lowest BCUT2D eigenvalue weighted by Crippen LogP contribution is -2.46. The zero-order valence-electron chi connectivity index (χ0n) is 17.5. The third-order valence-electron chi connectivity index (χ3n) is 6.08. The van der Waals surface area contributed by atoms with E-state index in [0.717, 1.165) is 13.1 Å². The van der Waals surface area contributed by atoms with Gasteiger partial charge in [-0.3, -0.25) is 9.59 Å². The highest BCUT2D eigenvalue weighted by Gasteiger charge is 2.31.